The van der Waals surface area contributed by atoms with Crippen LogP contribution < -0.4 is 15.0 Å². The number of amides is 1. The second-order valence-electron chi connectivity index (χ2n) is 7.63. The third-order valence-corrected chi connectivity index (χ3v) is 5.38. The van der Waals surface area contributed by atoms with Crippen molar-refractivity contribution in [1.82, 2.24) is 4.90 Å². The van der Waals surface area contributed by atoms with Gasteiger partial charge in [0.2, 0.25) is 5.91 Å². The molecule has 0 saturated carbocycles. The lowest BCUT2D eigenvalue weighted by molar-refractivity contribution is -0.115. The van der Waals surface area contributed by atoms with Gasteiger partial charge in [-0.2, -0.15) is 0 Å². The van der Waals surface area contributed by atoms with Crippen LogP contribution in [0, 0.1) is 6.92 Å². The Balaban J connectivity index is 1.22. The zero-order valence-electron chi connectivity index (χ0n) is 16.2. The van der Waals surface area contributed by atoms with Crippen LogP contribution >= 0.6 is 0 Å². The zero-order valence-corrected chi connectivity index (χ0v) is 16.2. The molecule has 0 bridgehead atoms. The predicted molar refractivity (Wildman–Crippen MR) is 110 cm³/mol. The average Bonchev–Trinajstić information content (AvgIpc) is 3.07. The second-order valence-corrected chi connectivity index (χ2v) is 7.63. The summed E-state index contributed by atoms with van der Waals surface area (Å²) in [6, 6.07) is 14.2. The fourth-order valence-corrected chi connectivity index (χ4v) is 3.78. The van der Waals surface area contributed by atoms with Crippen LogP contribution in [-0.2, 0) is 11.2 Å². The van der Waals surface area contributed by atoms with E-state index in [-0.39, 0.29) is 12.5 Å². The Labute approximate surface area is 165 Å². The summed E-state index contributed by atoms with van der Waals surface area (Å²) in [5, 5.41) is 13.2. The molecule has 148 valence electrons. The molecule has 2 N–H and O–H groups in total. The monoisotopic (exact) mass is 381 g/mol. The maximum atomic E-state index is 11.4. The van der Waals surface area contributed by atoms with Crippen molar-refractivity contribution in [1.29, 1.82) is 0 Å². The van der Waals surface area contributed by atoms with E-state index in [9.17, 15) is 9.90 Å². The number of ether oxygens (including phenoxy) is 1. The molecule has 2 aromatic rings. The summed E-state index contributed by atoms with van der Waals surface area (Å²) < 4.78 is 5.75. The number of benzene rings is 2. The van der Waals surface area contributed by atoms with Gasteiger partial charge in [0.1, 0.15) is 18.5 Å². The molecule has 1 atom stereocenters. The highest BCUT2D eigenvalue weighted by molar-refractivity contribution is 5.99. The van der Waals surface area contributed by atoms with Crippen LogP contribution in [-0.4, -0.2) is 61.3 Å². The number of carbonyl (C=O) groups is 1. The highest BCUT2D eigenvalue weighted by Gasteiger charge is 2.21. The van der Waals surface area contributed by atoms with Crippen molar-refractivity contribution in [3.63, 3.8) is 0 Å². The molecule has 1 amide bonds. The first-order valence-corrected chi connectivity index (χ1v) is 9.84. The van der Waals surface area contributed by atoms with E-state index in [1.165, 1.54) is 11.3 Å². The molecule has 2 heterocycles. The summed E-state index contributed by atoms with van der Waals surface area (Å²) in [5.41, 5.74) is 4.34. The first-order valence-electron chi connectivity index (χ1n) is 9.84. The number of piperazine rings is 1. The third-order valence-electron chi connectivity index (χ3n) is 5.38. The minimum Gasteiger partial charge on any atom is -0.491 e. The zero-order chi connectivity index (χ0) is 19.5. The lowest BCUT2D eigenvalue weighted by atomic mass is 10.1. The van der Waals surface area contributed by atoms with Crippen molar-refractivity contribution >= 4 is 17.3 Å². The molecule has 0 unspecified atom stereocenters. The van der Waals surface area contributed by atoms with E-state index >= 15 is 0 Å². The van der Waals surface area contributed by atoms with Gasteiger partial charge in [-0.3, -0.25) is 9.69 Å². The summed E-state index contributed by atoms with van der Waals surface area (Å²) in [6.07, 6.45) is -0.153. The number of aryl methyl sites for hydroxylation is 1. The van der Waals surface area contributed by atoms with Gasteiger partial charge in [-0.1, -0.05) is 17.7 Å². The van der Waals surface area contributed by atoms with Crippen LogP contribution in [0.1, 0.15) is 11.1 Å². The minimum absolute atomic E-state index is 0.0111. The van der Waals surface area contributed by atoms with Crippen LogP contribution in [0.2, 0.25) is 0 Å². The first kappa shape index (κ1) is 18.8. The molecule has 6 heteroatoms. The topological polar surface area (TPSA) is 65.0 Å². The summed E-state index contributed by atoms with van der Waals surface area (Å²) >= 11 is 0. The number of β-amino-alcohol motifs (C(OH)–C–C–N with tert-alkyl or cyclic N) is 1. The summed E-state index contributed by atoms with van der Waals surface area (Å²) in [6.45, 7) is 6.73. The molecule has 2 aliphatic heterocycles. The second kappa shape index (κ2) is 8.20. The Morgan fingerprint density at radius 3 is 2.61 bits per heavy atom. The molecule has 0 spiro atoms. The fraction of sp³-hybridized carbons (Fsp3) is 0.409. The third kappa shape index (κ3) is 4.46. The molecule has 1 fully saturated rings. The van der Waals surface area contributed by atoms with Crippen molar-refractivity contribution in [2.24, 2.45) is 0 Å². The number of aliphatic hydroxyl groups is 1. The lowest BCUT2D eigenvalue weighted by Crippen LogP contribution is -2.49. The Bertz CT molecular complexity index is 829. The normalized spacial score (nSPS) is 17.9. The highest BCUT2D eigenvalue weighted by atomic mass is 16.5. The van der Waals surface area contributed by atoms with Gasteiger partial charge >= 0.3 is 0 Å². The number of hydrogen-bond donors (Lipinski definition) is 2. The maximum Gasteiger partial charge on any atom is 0.228 e. The lowest BCUT2D eigenvalue weighted by Gasteiger charge is -2.36. The number of aliphatic hydroxyl groups excluding tert-OH is 1. The number of rotatable bonds is 6. The molecule has 4 rings (SSSR count). The number of carbonyl (C=O) groups excluding carboxylic acids is 1. The Morgan fingerprint density at radius 2 is 1.86 bits per heavy atom. The average molecular weight is 381 g/mol. The van der Waals surface area contributed by atoms with Gasteiger partial charge < -0.3 is 20.1 Å². The highest BCUT2D eigenvalue weighted by Crippen LogP contribution is 2.27. The smallest absolute Gasteiger partial charge is 0.228 e. The number of fused-ring (bicyclic) bond motifs is 1. The quantitative estimate of drug-likeness (QED) is 0.802. The molecule has 2 aliphatic rings. The van der Waals surface area contributed by atoms with Crippen LogP contribution in [0.15, 0.2) is 42.5 Å². The molecular formula is C22H27N3O3. The van der Waals surface area contributed by atoms with E-state index in [1.54, 1.807) is 0 Å². The van der Waals surface area contributed by atoms with Gasteiger partial charge in [0, 0.05) is 44.1 Å². The van der Waals surface area contributed by atoms with E-state index < -0.39 is 6.10 Å². The van der Waals surface area contributed by atoms with Gasteiger partial charge in [-0.25, -0.2) is 0 Å². The van der Waals surface area contributed by atoms with Crippen molar-refractivity contribution in [2.45, 2.75) is 19.4 Å². The maximum absolute atomic E-state index is 11.4. The molecule has 0 radical (unpaired) electrons. The van der Waals surface area contributed by atoms with E-state index in [0.29, 0.717) is 18.7 Å². The van der Waals surface area contributed by atoms with Gasteiger partial charge in [-0.15, -0.1) is 0 Å². The number of nitrogens with zero attached hydrogens (tertiary/aromatic N) is 2. The SMILES string of the molecule is Cc1ccc(N2CCN(C[C@H](O)COc3ccc4c(c3)CC(=O)N4)CC2)cc1. The predicted octanol–water partition coefficient (Wildman–Crippen LogP) is 2.05. The Morgan fingerprint density at radius 1 is 1.11 bits per heavy atom. The van der Waals surface area contributed by atoms with Crippen molar-refractivity contribution < 1.29 is 14.6 Å². The molecule has 6 nitrogen and oxygen atoms in total. The number of nitrogens with one attached hydrogen (secondary N) is 1. The van der Waals surface area contributed by atoms with Gasteiger partial charge in [0.15, 0.2) is 0 Å². The standard InChI is InChI=1S/C22H27N3O3/c1-16-2-4-18(5-3-16)25-10-8-24(9-11-25)14-19(26)15-28-20-6-7-21-17(12-20)13-22(27)23-21/h2-7,12,19,26H,8-11,13-15H2,1H3,(H,23,27)/t19-/m0/s1. The largest absolute Gasteiger partial charge is 0.491 e. The molecular weight excluding hydrogens is 354 g/mol. The van der Waals surface area contributed by atoms with Crippen molar-refractivity contribution in [2.75, 3.05) is 49.5 Å². The molecule has 1 saturated heterocycles. The van der Waals surface area contributed by atoms with Crippen LogP contribution in [0.3, 0.4) is 0 Å². The van der Waals surface area contributed by atoms with E-state index in [0.717, 1.165) is 37.4 Å². The number of anilines is 2. The van der Waals surface area contributed by atoms with E-state index in [2.05, 4.69) is 46.3 Å². The summed E-state index contributed by atoms with van der Waals surface area (Å²) in [5.74, 6) is 0.704. The Kier molecular flexibility index (Phi) is 5.50. The molecule has 0 aromatic heterocycles. The van der Waals surface area contributed by atoms with Gasteiger partial charge in [-0.05, 0) is 42.8 Å². The van der Waals surface area contributed by atoms with Crippen LogP contribution in [0.4, 0.5) is 11.4 Å². The Hall–Kier alpha value is -2.57. The van der Waals surface area contributed by atoms with E-state index in [4.69, 9.17) is 4.74 Å². The summed E-state index contributed by atoms with van der Waals surface area (Å²) in [7, 11) is 0. The van der Waals surface area contributed by atoms with Crippen molar-refractivity contribution in [3.8, 4) is 5.75 Å². The van der Waals surface area contributed by atoms with Gasteiger partial charge in [0.05, 0.1) is 6.42 Å². The molecule has 2 aromatic carbocycles. The summed E-state index contributed by atoms with van der Waals surface area (Å²) in [4.78, 5) is 16.1. The first-order chi connectivity index (χ1) is 13.6. The fourth-order valence-electron chi connectivity index (χ4n) is 3.78. The van der Waals surface area contributed by atoms with Crippen LogP contribution in [0.5, 0.6) is 5.75 Å². The minimum atomic E-state index is -0.543. The molecule has 28 heavy (non-hydrogen) atoms. The van der Waals surface area contributed by atoms with E-state index in [1.807, 2.05) is 18.2 Å². The van der Waals surface area contributed by atoms with Crippen LogP contribution in [0.25, 0.3) is 0 Å². The number of hydrogen-bond acceptors (Lipinski definition) is 5. The molecule has 0 aliphatic carbocycles. The van der Waals surface area contributed by atoms with Gasteiger partial charge in [0.25, 0.3) is 0 Å². The van der Waals surface area contributed by atoms with Crippen molar-refractivity contribution in [3.05, 3.63) is 53.6 Å².